The first kappa shape index (κ1) is 103. The standard InChI is InChI=1S/C86H168O17P2/c1-6-9-12-15-18-21-24-27-29-30-31-32-33-34-35-36-41-47-52-57-62-67-72-86(91)103-82(76-97-84(89)70-65-60-55-50-45-42-37-39-43-48-53-58-63-68-79(4)5)78-101-105(94,95)99-74-80(87)73-98-104(92,93)100-77-81(75-96-83(88)69-64-59-54-49-44-38-26-23-20-17-14-11-8-3)102-85(90)71-66-61-56-51-46-40-28-25-22-19-16-13-10-7-2/h79-82,87H,6-78H2,1-5H3,(H,92,93)(H,94,95)/t80-,81+,82+/m0/s1. The molecule has 5 atom stereocenters. The number of hydrogen-bond donors (Lipinski definition) is 3. The monoisotopic (exact) mass is 1540 g/mol. The third-order valence-electron chi connectivity index (χ3n) is 20.3. The van der Waals surface area contributed by atoms with Gasteiger partial charge in [-0.1, -0.05) is 413 Å². The number of esters is 4. The van der Waals surface area contributed by atoms with Crippen LogP contribution in [0.1, 0.15) is 465 Å². The first-order valence-electron chi connectivity index (χ1n) is 44.6. The van der Waals surface area contributed by atoms with Gasteiger partial charge in [0, 0.05) is 25.7 Å². The normalized spacial score (nSPS) is 13.8. The van der Waals surface area contributed by atoms with Gasteiger partial charge in [-0.3, -0.25) is 37.3 Å². The molecule has 0 aromatic carbocycles. The van der Waals surface area contributed by atoms with Crippen molar-refractivity contribution in [2.24, 2.45) is 5.92 Å². The molecule has 0 bridgehead atoms. The molecule has 2 unspecified atom stereocenters. The van der Waals surface area contributed by atoms with Crippen molar-refractivity contribution in [2.75, 3.05) is 39.6 Å². The average Bonchev–Trinajstić information content (AvgIpc) is 0.908. The topological polar surface area (TPSA) is 237 Å². The largest absolute Gasteiger partial charge is 0.472 e. The molecule has 0 aromatic heterocycles. The van der Waals surface area contributed by atoms with Gasteiger partial charge in [-0.2, -0.15) is 0 Å². The van der Waals surface area contributed by atoms with Crippen LogP contribution in [0.25, 0.3) is 0 Å². The van der Waals surface area contributed by atoms with E-state index in [1.165, 1.54) is 289 Å². The Morgan fingerprint density at radius 2 is 0.438 bits per heavy atom. The van der Waals surface area contributed by atoms with Crippen LogP contribution in [0, 0.1) is 5.92 Å². The molecule has 0 saturated carbocycles. The molecule has 0 aliphatic carbocycles. The second-order valence-electron chi connectivity index (χ2n) is 31.4. The van der Waals surface area contributed by atoms with E-state index in [9.17, 15) is 43.2 Å². The van der Waals surface area contributed by atoms with E-state index in [0.717, 1.165) is 95.8 Å². The van der Waals surface area contributed by atoms with E-state index in [-0.39, 0.29) is 25.7 Å². The van der Waals surface area contributed by atoms with Gasteiger partial charge in [0.15, 0.2) is 12.2 Å². The first-order chi connectivity index (χ1) is 51.0. The Kier molecular flexibility index (Phi) is 77.3. The molecule has 0 fully saturated rings. The van der Waals surface area contributed by atoms with Gasteiger partial charge in [0.1, 0.15) is 19.3 Å². The van der Waals surface area contributed by atoms with Crippen molar-refractivity contribution in [3.63, 3.8) is 0 Å². The maximum atomic E-state index is 13.1. The zero-order valence-electron chi connectivity index (χ0n) is 68.9. The molecule has 19 heteroatoms. The molecule has 624 valence electrons. The zero-order valence-corrected chi connectivity index (χ0v) is 70.7. The van der Waals surface area contributed by atoms with Crippen LogP contribution in [0.3, 0.4) is 0 Å². The van der Waals surface area contributed by atoms with E-state index in [1.807, 2.05) is 0 Å². The summed E-state index contributed by atoms with van der Waals surface area (Å²) in [4.78, 5) is 73.2. The second kappa shape index (κ2) is 78.7. The lowest BCUT2D eigenvalue weighted by molar-refractivity contribution is -0.161. The quantitative estimate of drug-likeness (QED) is 0.0222. The van der Waals surface area contributed by atoms with E-state index in [4.69, 9.17) is 37.0 Å². The van der Waals surface area contributed by atoms with E-state index >= 15 is 0 Å². The Labute approximate surface area is 645 Å². The van der Waals surface area contributed by atoms with E-state index in [1.54, 1.807) is 0 Å². The van der Waals surface area contributed by atoms with Crippen molar-refractivity contribution in [2.45, 2.75) is 483 Å². The molecule has 17 nitrogen and oxygen atoms in total. The van der Waals surface area contributed by atoms with Gasteiger partial charge in [-0.05, 0) is 31.6 Å². The summed E-state index contributed by atoms with van der Waals surface area (Å²) in [6.45, 7) is 7.39. The highest BCUT2D eigenvalue weighted by atomic mass is 31.2. The molecule has 0 amide bonds. The third kappa shape index (κ3) is 79.9. The number of rotatable bonds is 86. The van der Waals surface area contributed by atoms with Gasteiger partial charge in [-0.15, -0.1) is 0 Å². The Morgan fingerprint density at radius 3 is 0.648 bits per heavy atom. The number of phosphoric acid groups is 2. The third-order valence-corrected chi connectivity index (χ3v) is 22.2. The summed E-state index contributed by atoms with van der Waals surface area (Å²) in [6, 6.07) is 0. The van der Waals surface area contributed by atoms with Gasteiger partial charge in [-0.25, -0.2) is 9.13 Å². The predicted octanol–water partition coefficient (Wildman–Crippen LogP) is 26.4. The van der Waals surface area contributed by atoms with Crippen LogP contribution >= 0.6 is 15.6 Å². The minimum atomic E-state index is -4.97. The maximum absolute atomic E-state index is 13.1. The van der Waals surface area contributed by atoms with Gasteiger partial charge in [0.05, 0.1) is 26.4 Å². The Hall–Kier alpha value is -1.94. The molecule has 0 spiro atoms. The van der Waals surface area contributed by atoms with Crippen LogP contribution in [0.15, 0.2) is 0 Å². The van der Waals surface area contributed by atoms with E-state index < -0.39 is 97.5 Å². The number of carbonyl (C=O) groups excluding carboxylic acids is 4. The summed E-state index contributed by atoms with van der Waals surface area (Å²) in [7, 11) is -9.93. The molecule has 105 heavy (non-hydrogen) atoms. The van der Waals surface area contributed by atoms with Gasteiger partial charge in [0.25, 0.3) is 0 Å². The highest BCUT2D eigenvalue weighted by Crippen LogP contribution is 2.45. The number of ether oxygens (including phenoxy) is 4. The first-order valence-corrected chi connectivity index (χ1v) is 47.6. The molecular weight excluding hydrogens is 1370 g/mol. The summed E-state index contributed by atoms with van der Waals surface area (Å²) in [5.74, 6) is -1.31. The fourth-order valence-electron chi connectivity index (χ4n) is 13.5. The van der Waals surface area contributed by atoms with Crippen LogP contribution in [0.2, 0.25) is 0 Å². The number of unbranched alkanes of at least 4 members (excludes halogenated alkanes) is 58. The minimum absolute atomic E-state index is 0.109. The molecule has 0 radical (unpaired) electrons. The second-order valence-corrected chi connectivity index (χ2v) is 34.3. The van der Waals surface area contributed by atoms with E-state index in [2.05, 4.69) is 34.6 Å². The molecule has 0 rings (SSSR count). The molecule has 0 aromatic rings. The van der Waals surface area contributed by atoms with Crippen molar-refractivity contribution in [3.05, 3.63) is 0 Å². The highest BCUT2D eigenvalue weighted by molar-refractivity contribution is 7.47. The molecule has 3 N–H and O–H groups in total. The number of phosphoric ester groups is 2. The fourth-order valence-corrected chi connectivity index (χ4v) is 15.1. The van der Waals surface area contributed by atoms with Crippen LogP contribution < -0.4 is 0 Å². The number of aliphatic hydroxyl groups is 1. The van der Waals surface area contributed by atoms with Crippen LogP contribution in [-0.2, 0) is 65.4 Å². The van der Waals surface area contributed by atoms with E-state index in [0.29, 0.717) is 25.7 Å². The molecule has 0 saturated heterocycles. The summed E-state index contributed by atoms with van der Waals surface area (Å²) in [5.41, 5.74) is 0. The SMILES string of the molecule is CCCCCCCCCCCCCCCCCCCCCCCCC(=O)O[C@H](COC(=O)CCCCCCCCCCCCCCCC(C)C)COP(=O)(O)OC[C@@H](O)COP(=O)(O)OC[C@@H](COC(=O)CCCCCCCCCCCCCCC)OC(=O)CCCCCCCCCCCCCCCC. The van der Waals surface area contributed by atoms with Crippen molar-refractivity contribution < 1.29 is 80.2 Å². The maximum Gasteiger partial charge on any atom is 0.472 e. The van der Waals surface area contributed by atoms with Crippen LogP contribution in [-0.4, -0.2) is 96.7 Å². The Balaban J connectivity index is 5.24. The van der Waals surface area contributed by atoms with Crippen molar-refractivity contribution in [1.29, 1.82) is 0 Å². The van der Waals surface area contributed by atoms with Crippen LogP contribution in [0.5, 0.6) is 0 Å². The molecule has 0 heterocycles. The number of hydrogen-bond acceptors (Lipinski definition) is 15. The summed E-state index contributed by atoms with van der Waals surface area (Å²) in [6.07, 6.45) is 72.1. The average molecular weight is 1540 g/mol. The van der Waals surface area contributed by atoms with Gasteiger partial charge in [0.2, 0.25) is 0 Å². The predicted molar refractivity (Wildman–Crippen MR) is 432 cm³/mol. The zero-order chi connectivity index (χ0) is 76.9. The number of carbonyl (C=O) groups is 4. The van der Waals surface area contributed by atoms with Crippen molar-refractivity contribution in [3.8, 4) is 0 Å². The lowest BCUT2D eigenvalue weighted by Gasteiger charge is -2.21. The molecule has 0 aliphatic heterocycles. The van der Waals surface area contributed by atoms with Gasteiger partial charge >= 0.3 is 39.5 Å². The lowest BCUT2D eigenvalue weighted by atomic mass is 10.0. The van der Waals surface area contributed by atoms with Crippen LogP contribution in [0.4, 0.5) is 0 Å². The molecular formula is C86H168O17P2. The fraction of sp³-hybridized carbons (Fsp3) is 0.953. The summed E-state index contributed by atoms with van der Waals surface area (Å²) >= 11 is 0. The minimum Gasteiger partial charge on any atom is -0.462 e. The Morgan fingerprint density at radius 1 is 0.257 bits per heavy atom. The summed E-state index contributed by atoms with van der Waals surface area (Å²) in [5, 5.41) is 10.7. The lowest BCUT2D eigenvalue weighted by Crippen LogP contribution is -2.30. The summed E-state index contributed by atoms with van der Waals surface area (Å²) < 4.78 is 68.9. The van der Waals surface area contributed by atoms with Gasteiger partial charge < -0.3 is 33.8 Å². The Bertz CT molecular complexity index is 2000. The number of aliphatic hydroxyl groups excluding tert-OH is 1. The van der Waals surface area contributed by atoms with Crippen molar-refractivity contribution in [1.82, 2.24) is 0 Å². The highest BCUT2D eigenvalue weighted by Gasteiger charge is 2.30. The molecule has 0 aliphatic rings. The smallest absolute Gasteiger partial charge is 0.462 e. The van der Waals surface area contributed by atoms with Crippen molar-refractivity contribution >= 4 is 39.5 Å².